The van der Waals surface area contributed by atoms with E-state index in [1.807, 2.05) is 52.3 Å². The number of hydrogen-bond donors (Lipinski definition) is 2. The molecule has 5 rings (SSSR count). The molecule has 2 aliphatic rings. The van der Waals surface area contributed by atoms with Crippen LogP contribution in [0, 0.1) is 0 Å². The van der Waals surface area contributed by atoms with Gasteiger partial charge in [0.05, 0.1) is 32.0 Å². The number of methoxy groups -OCH3 is 2. The third-order valence-electron chi connectivity index (χ3n) is 7.88. The molecular weight excluding hydrogens is 546 g/mol. The van der Waals surface area contributed by atoms with Crippen LogP contribution < -0.4 is 25.0 Å². The molecule has 3 aromatic rings. The molecule has 10 heteroatoms. The molecule has 0 atom stereocenters. The average molecular weight is 586 g/mol. The standard InChI is InChI=1S/C33H39N5O5/c1-42-29-12-10-26(23-30(29)43-2)33(41)37-16-6-15-36(19-20-37)28-11-9-25(32(40)38-17-13-34-14-18-38)22-27(28)35-31(39)21-24-7-4-3-5-8-24/h3-5,7-12,22-23,34H,6,13-21H2,1-2H3,(H,35,39). The normalized spacial score (nSPS) is 15.4. The summed E-state index contributed by atoms with van der Waals surface area (Å²) < 4.78 is 10.7. The number of anilines is 2. The number of carbonyl (C=O) groups is 3. The van der Waals surface area contributed by atoms with Crippen molar-refractivity contribution in [1.82, 2.24) is 15.1 Å². The highest BCUT2D eigenvalue weighted by Crippen LogP contribution is 2.31. The van der Waals surface area contributed by atoms with E-state index in [0.29, 0.717) is 67.6 Å². The van der Waals surface area contributed by atoms with E-state index in [9.17, 15) is 14.4 Å². The molecule has 3 amide bonds. The fraction of sp³-hybridized carbons (Fsp3) is 0.364. The van der Waals surface area contributed by atoms with Crippen LogP contribution >= 0.6 is 0 Å². The number of amides is 3. The Labute approximate surface area is 252 Å². The molecule has 226 valence electrons. The summed E-state index contributed by atoms with van der Waals surface area (Å²) in [6.45, 7) is 5.19. The molecule has 2 saturated heterocycles. The zero-order valence-corrected chi connectivity index (χ0v) is 24.8. The number of piperazine rings is 1. The summed E-state index contributed by atoms with van der Waals surface area (Å²) in [6.07, 6.45) is 0.974. The topological polar surface area (TPSA) is 103 Å². The summed E-state index contributed by atoms with van der Waals surface area (Å²) in [5, 5.41) is 6.36. The number of carbonyl (C=O) groups excluding carboxylic acids is 3. The zero-order valence-electron chi connectivity index (χ0n) is 24.8. The smallest absolute Gasteiger partial charge is 0.254 e. The van der Waals surface area contributed by atoms with Crippen LogP contribution in [-0.2, 0) is 11.2 Å². The second kappa shape index (κ2) is 14.1. The average Bonchev–Trinajstić information content (AvgIpc) is 3.31. The van der Waals surface area contributed by atoms with E-state index in [1.54, 1.807) is 38.5 Å². The number of rotatable bonds is 8. The fourth-order valence-corrected chi connectivity index (χ4v) is 5.58. The van der Waals surface area contributed by atoms with Gasteiger partial charge in [0.1, 0.15) is 0 Å². The lowest BCUT2D eigenvalue weighted by molar-refractivity contribution is -0.115. The van der Waals surface area contributed by atoms with Gasteiger partial charge in [0.15, 0.2) is 11.5 Å². The Morgan fingerprint density at radius 3 is 2.14 bits per heavy atom. The van der Waals surface area contributed by atoms with E-state index < -0.39 is 0 Å². The first-order valence-electron chi connectivity index (χ1n) is 14.7. The molecule has 2 N–H and O–H groups in total. The summed E-state index contributed by atoms with van der Waals surface area (Å²) in [5.41, 5.74) is 3.42. The summed E-state index contributed by atoms with van der Waals surface area (Å²) in [4.78, 5) is 45.8. The molecule has 43 heavy (non-hydrogen) atoms. The third kappa shape index (κ3) is 7.26. The third-order valence-corrected chi connectivity index (χ3v) is 7.88. The van der Waals surface area contributed by atoms with Crippen LogP contribution in [0.15, 0.2) is 66.7 Å². The van der Waals surface area contributed by atoms with Gasteiger partial charge in [-0.15, -0.1) is 0 Å². The highest BCUT2D eigenvalue weighted by Gasteiger charge is 2.25. The molecule has 3 aromatic carbocycles. The Balaban J connectivity index is 1.35. The quantitative estimate of drug-likeness (QED) is 0.418. The van der Waals surface area contributed by atoms with E-state index in [-0.39, 0.29) is 24.1 Å². The first-order valence-corrected chi connectivity index (χ1v) is 14.7. The molecule has 0 bridgehead atoms. The molecule has 0 saturated carbocycles. The highest BCUT2D eigenvalue weighted by molar-refractivity contribution is 6.00. The van der Waals surface area contributed by atoms with Gasteiger partial charge in [-0.1, -0.05) is 30.3 Å². The van der Waals surface area contributed by atoms with Crippen LogP contribution in [0.2, 0.25) is 0 Å². The van der Waals surface area contributed by atoms with Gasteiger partial charge < -0.3 is 34.8 Å². The van der Waals surface area contributed by atoms with Crippen LogP contribution in [0.25, 0.3) is 0 Å². The van der Waals surface area contributed by atoms with Gasteiger partial charge in [0.25, 0.3) is 11.8 Å². The van der Waals surface area contributed by atoms with Crippen LogP contribution in [0.3, 0.4) is 0 Å². The predicted molar refractivity (Wildman–Crippen MR) is 166 cm³/mol. The van der Waals surface area contributed by atoms with Crippen molar-refractivity contribution in [2.45, 2.75) is 12.8 Å². The van der Waals surface area contributed by atoms with E-state index >= 15 is 0 Å². The van der Waals surface area contributed by atoms with Crippen LogP contribution in [0.5, 0.6) is 11.5 Å². The minimum Gasteiger partial charge on any atom is -0.493 e. The molecule has 2 fully saturated rings. The number of hydrogen-bond acceptors (Lipinski definition) is 7. The minimum atomic E-state index is -0.153. The maximum absolute atomic E-state index is 13.4. The van der Waals surface area contributed by atoms with Gasteiger partial charge in [-0.2, -0.15) is 0 Å². The Bertz CT molecular complexity index is 1440. The number of ether oxygens (including phenoxy) is 2. The largest absolute Gasteiger partial charge is 0.493 e. The highest BCUT2D eigenvalue weighted by atomic mass is 16.5. The van der Waals surface area contributed by atoms with Crippen LogP contribution in [0.4, 0.5) is 11.4 Å². The monoisotopic (exact) mass is 585 g/mol. The lowest BCUT2D eigenvalue weighted by atomic mass is 10.1. The van der Waals surface area contributed by atoms with Crippen molar-refractivity contribution in [3.63, 3.8) is 0 Å². The van der Waals surface area contributed by atoms with E-state index in [1.165, 1.54) is 0 Å². The van der Waals surface area contributed by atoms with E-state index in [4.69, 9.17) is 9.47 Å². The summed E-state index contributed by atoms with van der Waals surface area (Å²) in [7, 11) is 3.11. The van der Waals surface area contributed by atoms with Gasteiger partial charge >= 0.3 is 0 Å². The molecule has 0 aromatic heterocycles. The van der Waals surface area contributed by atoms with Gasteiger partial charge in [0, 0.05) is 63.5 Å². The fourth-order valence-electron chi connectivity index (χ4n) is 5.58. The molecule has 0 aliphatic carbocycles. The van der Waals surface area contributed by atoms with E-state index in [0.717, 1.165) is 30.8 Å². The minimum absolute atomic E-state index is 0.0471. The lowest BCUT2D eigenvalue weighted by Gasteiger charge is -2.29. The second-order valence-electron chi connectivity index (χ2n) is 10.7. The van der Waals surface area contributed by atoms with Gasteiger partial charge in [-0.25, -0.2) is 0 Å². The summed E-state index contributed by atoms with van der Waals surface area (Å²) >= 11 is 0. The van der Waals surface area contributed by atoms with Crippen molar-refractivity contribution in [3.8, 4) is 11.5 Å². The van der Waals surface area contributed by atoms with Gasteiger partial charge in [0.2, 0.25) is 5.91 Å². The zero-order chi connectivity index (χ0) is 30.2. The Morgan fingerprint density at radius 1 is 0.744 bits per heavy atom. The van der Waals surface area contributed by atoms with Crippen molar-refractivity contribution in [2.24, 2.45) is 0 Å². The van der Waals surface area contributed by atoms with Crippen LogP contribution in [0.1, 0.15) is 32.7 Å². The molecule has 0 spiro atoms. The Kier molecular flexibility index (Phi) is 9.78. The summed E-state index contributed by atoms with van der Waals surface area (Å²) in [6, 6.07) is 20.3. The first kappa shape index (κ1) is 29.9. The molecule has 2 heterocycles. The van der Waals surface area contributed by atoms with Crippen LogP contribution in [-0.4, -0.2) is 94.1 Å². The van der Waals surface area contributed by atoms with Crippen molar-refractivity contribution in [1.29, 1.82) is 0 Å². The Morgan fingerprint density at radius 2 is 1.42 bits per heavy atom. The number of nitrogens with zero attached hydrogens (tertiary/aromatic N) is 3. The van der Waals surface area contributed by atoms with Crippen molar-refractivity contribution < 1.29 is 23.9 Å². The molecule has 2 aliphatic heterocycles. The van der Waals surface area contributed by atoms with Gasteiger partial charge in [-0.05, 0) is 48.4 Å². The van der Waals surface area contributed by atoms with Crippen molar-refractivity contribution in [2.75, 3.05) is 76.8 Å². The van der Waals surface area contributed by atoms with Gasteiger partial charge in [-0.3, -0.25) is 14.4 Å². The first-order chi connectivity index (χ1) is 21.0. The lowest BCUT2D eigenvalue weighted by Crippen LogP contribution is -2.46. The van der Waals surface area contributed by atoms with Crippen molar-refractivity contribution in [3.05, 3.63) is 83.4 Å². The maximum atomic E-state index is 13.4. The summed E-state index contributed by atoms with van der Waals surface area (Å²) in [5.74, 6) is 0.808. The predicted octanol–water partition coefficient (Wildman–Crippen LogP) is 3.28. The van der Waals surface area contributed by atoms with Crippen molar-refractivity contribution >= 4 is 29.1 Å². The Hall–Kier alpha value is -4.57. The molecule has 0 unspecified atom stereocenters. The molecule has 10 nitrogen and oxygen atoms in total. The maximum Gasteiger partial charge on any atom is 0.254 e. The SMILES string of the molecule is COc1ccc(C(=O)N2CCCN(c3ccc(C(=O)N4CCNCC4)cc3NC(=O)Cc3ccccc3)CC2)cc1OC. The second-order valence-corrected chi connectivity index (χ2v) is 10.7. The number of nitrogens with one attached hydrogen (secondary N) is 2. The number of benzene rings is 3. The molecule has 0 radical (unpaired) electrons. The van der Waals surface area contributed by atoms with E-state index in [2.05, 4.69) is 15.5 Å². The molecular formula is C33H39N5O5.